The maximum absolute atomic E-state index is 3.76. The second kappa shape index (κ2) is 8.35. The van der Waals surface area contributed by atoms with Crippen molar-refractivity contribution in [1.29, 1.82) is 0 Å². The minimum absolute atomic E-state index is 0.733. The van der Waals surface area contributed by atoms with Crippen molar-refractivity contribution in [1.82, 2.24) is 15.1 Å². The van der Waals surface area contributed by atoms with Crippen LogP contribution in [0.2, 0.25) is 0 Å². The van der Waals surface area contributed by atoms with Crippen LogP contribution in [0, 0.1) is 5.92 Å². The Kier molecular flexibility index (Phi) is 6.79. The molecule has 2 rings (SSSR count). The number of hydrogen-bond acceptors (Lipinski definition) is 3. The minimum Gasteiger partial charge on any atom is -0.314 e. The Morgan fingerprint density at radius 3 is 2.55 bits per heavy atom. The lowest BCUT2D eigenvalue weighted by atomic mass is 9.93. The summed E-state index contributed by atoms with van der Waals surface area (Å²) in [5, 5.41) is 3.76. The van der Waals surface area contributed by atoms with Gasteiger partial charge < -0.3 is 10.2 Å². The van der Waals surface area contributed by atoms with E-state index in [1.807, 2.05) is 0 Å². The van der Waals surface area contributed by atoms with Gasteiger partial charge in [0.15, 0.2) is 0 Å². The molecular formula is C17H35N3. The molecule has 0 spiro atoms. The van der Waals surface area contributed by atoms with Gasteiger partial charge in [-0.1, -0.05) is 33.1 Å². The first-order valence-corrected chi connectivity index (χ1v) is 8.94. The molecule has 3 unspecified atom stereocenters. The SMILES string of the molecule is CCNC1CCCCCC1CN1CCN(CC)C(C)C1. The first-order valence-electron chi connectivity index (χ1n) is 8.94. The Morgan fingerprint density at radius 2 is 1.85 bits per heavy atom. The van der Waals surface area contributed by atoms with E-state index >= 15 is 0 Å². The van der Waals surface area contributed by atoms with Crippen molar-refractivity contribution in [3.63, 3.8) is 0 Å². The number of hydrogen-bond donors (Lipinski definition) is 1. The Balaban J connectivity index is 1.86. The Labute approximate surface area is 126 Å². The van der Waals surface area contributed by atoms with Gasteiger partial charge in [0, 0.05) is 38.3 Å². The lowest BCUT2D eigenvalue weighted by Gasteiger charge is -2.41. The normalized spacial score (nSPS) is 34.0. The molecule has 1 heterocycles. The fraction of sp³-hybridized carbons (Fsp3) is 1.00. The summed E-state index contributed by atoms with van der Waals surface area (Å²) >= 11 is 0. The fourth-order valence-corrected chi connectivity index (χ4v) is 4.17. The van der Waals surface area contributed by atoms with Crippen LogP contribution in [-0.4, -0.2) is 61.2 Å². The van der Waals surface area contributed by atoms with Crippen LogP contribution in [0.1, 0.15) is 52.9 Å². The van der Waals surface area contributed by atoms with Gasteiger partial charge in [0.05, 0.1) is 0 Å². The number of nitrogens with zero attached hydrogens (tertiary/aromatic N) is 2. The Bertz CT molecular complexity index is 269. The Hall–Kier alpha value is -0.120. The molecule has 1 saturated heterocycles. The van der Waals surface area contributed by atoms with E-state index in [-0.39, 0.29) is 0 Å². The van der Waals surface area contributed by atoms with E-state index in [0.717, 1.165) is 24.5 Å². The topological polar surface area (TPSA) is 18.5 Å². The minimum atomic E-state index is 0.733. The largest absolute Gasteiger partial charge is 0.314 e. The molecule has 20 heavy (non-hydrogen) atoms. The monoisotopic (exact) mass is 281 g/mol. The molecule has 0 amide bonds. The quantitative estimate of drug-likeness (QED) is 0.781. The van der Waals surface area contributed by atoms with Gasteiger partial charge in [-0.2, -0.15) is 0 Å². The summed E-state index contributed by atoms with van der Waals surface area (Å²) < 4.78 is 0. The first-order chi connectivity index (χ1) is 9.74. The van der Waals surface area contributed by atoms with Gasteiger partial charge in [0.25, 0.3) is 0 Å². The van der Waals surface area contributed by atoms with Gasteiger partial charge in [-0.25, -0.2) is 0 Å². The average molecular weight is 281 g/mol. The molecule has 0 aromatic heterocycles. The predicted molar refractivity (Wildman–Crippen MR) is 87.2 cm³/mol. The maximum atomic E-state index is 3.76. The summed E-state index contributed by atoms with van der Waals surface area (Å²) in [5.74, 6) is 0.873. The molecule has 3 atom stereocenters. The van der Waals surface area contributed by atoms with Gasteiger partial charge in [-0.05, 0) is 38.8 Å². The van der Waals surface area contributed by atoms with Gasteiger partial charge in [0.2, 0.25) is 0 Å². The summed E-state index contributed by atoms with van der Waals surface area (Å²) in [6.45, 7) is 14.4. The van der Waals surface area contributed by atoms with Gasteiger partial charge in [-0.15, -0.1) is 0 Å². The standard InChI is InChI=1S/C17H35N3/c1-4-18-17-10-8-6-7-9-16(17)14-19-11-12-20(5-2)15(3)13-19/h15-18H,4-14H2,1-3H3. The molecule has 1 aliphatic carbocycles. The average Bonchev–Trinajstić information content (AvgIpc) is 2.65. The van der Waals surface area contributed by atoms with Crippen molar-refractivity contribution in [2.75, 3.05) is 39.3 Å². The van der Waals surface area contributed by atoms with Crippen molar-refractivity contribution < 1.29 is 0 Å². The number of rotatable bonds is 5. The van der Waals surface area contributed by atoms with Crippen LogP contribution in [0.4, 0.5) is 0 Å². The summed E-state index contributed by atoms with van der Waals surface area (Å²) in [6.07, 6.45) is 7.13. The molecule has 3 heteroatoms. The molecule has 2 aliphatic rings. The molecule has 3 nitrogen and oxygen atoms in total. The highest BCUT2D eigenvalue weighted by Gasteiger charge is 2.28. The summed E-state index contributed by atoms with van der Waals surface area (Å²) in [7, 11) is 0. The third-order valence-corrected chi connectivity index (χ3v) is 5.37. The highest BCUT2D eigenvalue weighted by Crippen LogP contribution is 2.25. The Morgan fingerprint density at radius 1 is 1.05 bits per heavy atom. The molecule has 1 N–H and O–H groups in total. The number of nitrogens with one attached hydrogen (secondary N) is 1. The molecule has 0 aromatic rings. The summed E-state index contributed by atoms with van der Waals surface area (Å²) in [5.41, 5.74) is 0. The van der Waals surface area contributed by atoms with Crippen LogP contribution < -0.4 is 5.32 Å². The van der Waals surface area contributed by atoms with E-state index in [9.17, 15) is 0 Å². The van der Waals surface area contributed by atoms with Gasteiger partial charge in [-0.3, -0.25) is 4.90 Å². The van der Waals surface area contributed by atoms with Crippen LogP contribution in [0.25, 0.3) is 0 Å². The second-order valence-corrected chi connectivity index (χ2v) is 6.80. The molecule has 118 valence electrons. The van der Waals surface area contributed by atoms with E-state index in [0.29, 0.717) is 0 Å². The van der Waals surface area contributed by atoms with Crippen LogP contribution in [-0.2, 0) is 0 Å². The van der Waals surface area contributed by atoms with E-state index in [4.69, 9.17) is 0 Å². The highest BCUT2D eigenvalue weighted by atomic mass is 15.3. The first kappa shape index (κ1) is 16.3. The van der Waals surface area contributed by atoms with Crippen molar-refractivity contribution in [2.45, 2.75) is 65.0 Å². The van der Waals surface area contributed by atoms with Gasteiger partial charge >= 0.3 is 0 Å². The number of piperazine rings is 1. The van der Waals surface area contributed by atoms with Crippen molar-refractivity contribution in [3.05, 3.63) is 0 Å². The van der Waals surface area contributed by atoms with Crippen LogP contribution in [0.5, 0.6) is 0 Å². The van der Waals surface area contributed by atoms with Gasteiger partial charge in [0.1, 0.15) is 0 Å². The highest BCUT2D eigenvalue weighted by molar-refractivity contribution is 4.85. The van der Waals surface area contributed by atoms with E-state index in [1.54, 1.807) is 0 Å². The summed E-state index contributed by atoms with van der Waals surface area (Å²) in [4.78, 5) is 5.35. The smallest absolute Gasteiger partial charge is 0.0195 e. The fourth-order valence-electron chi connectivity index (χ4n) is 4.17. The molecule has 0 radical (unpaired) electrons. The van der Waals surface area contributed by atoms with Crippen LogP contribution >= 0.6 is 0 Å². The molecule has 2 fully saturated rings. The zero-order valence-electron chi connectivity index (χ0n) is 13.9. The van der Waals surface area contributed by atoms with Crippen LogP contribution in [0.3, 0.4) is 0 Å². The predicted octanol–water partition coefficient (Wildman–Crippen LogP) is 2.57. The van der Waals surface area contributed by atoms with Crippen molar-refractivity contribution in [3.8, 4) is 0 Å². The third-order valence-electron chi connectivity index (χ3n) is 5.37. The van der Waals surface area contributed by atoms with Crippen molar-refractivity contribution >= 4 is 0 Å². The lowest BCUT2D eigenvalue weighted by molar-refractivity contribution is 0.0707. The second-order valence-electron chi connectivity index (χ2n) is 6.80. The molecular weight excluding hydrogens is 246 g/mol. The van der Waals surface area contributed by atoms with Crippen LogP contribution in [0.15, 0.2) is 0 Å². The van der Waals surface area contributed by atoms with E-state index in [1.165, 1.54) is 64.8 Å². The maximum Gasteiger partial charge on any atom is 0.0195 e. The third kappa shape index (κ3) is 4.44. The lowest BCUT2D eigenvalue weighted by Crippen LogP contribution is -2.53. The molecule has 0 bridgehead atoms. The van der Waals surface area contributed by atoms with E-state index in [2.05, 4.69) is 35.9 Å². The molecule has 1 saturated carbocycles. The van der Waals surface area contributed by atoms with E-state index < -0.39 is 0 Å². The number of likely N-dealkylation sites (N-methyl/N-ethyl adjacent to an activating group) is 1. The molecule has 0 aromatic carbocycles. The molecule has 1 aliphatic heterocycles. The zero-order valence-corrected chi connectivity index (χ0v) is 13.9. The van der Waals surface area contributed by atoms with Crippen molar-refractivity contribution in [2.24, 2.45) is 5.92 Å². The summed E-state index contributed by atoms with van der Waals surface area (Å²) in [6, 6.07) is 1.50. The zero-order chi connectivity index (χ0) is 14.4.